The highest BCUT2D eigenvalue weighted by Gasteiger charge is 2.25. The number of halogens is 3. The third-order valence-corrected chi connectivity index (χ3v) is 3.21. The summed E-state index contributed by atoms with van der Waals surface area (Å²) in [5, 5.41) is 6.37. The van der Waals surface area contributed by atoms with E-state index in [0.29, 0.717) is 25.5 Å². The molecule has 1 aromatic rings. The summed E-state index contributed by atoms with van der Waals surface area (Å²) >= 11 is 0. The monoisotopic (exact) mass is 333 g/mol. The zero-order chi connectivity index (χ0) is 17.0. The highest BCUT2D eigenvalue weighted by molar-refractivity contribution is 5.79. The lowest BCUT2D eigenvalue weighted by atomic mass is 10.2. The fourth-order valence-corrected chi connectivity index (χ4v) is 1.94. The Kier molecular flexibility index (Phi) is 9.24. The van der Waals surface area contributed by atoms with Crippen LogP contribution in [0.25, 0.3) is 0 Å². The standard InChI is InChI=1S/C16H26F3N3O/c1-2-3-10-20-15(21-11-5-4-9-16(17,18)19)22-12-8-14-7-6-13-23-14/h6-7,13H,2-5,8-12H2,1H3,(H2,20,21,22). The number of nitrogens with one attached hydrogen (secondary N) is 2. The molecule has 0 spiro atoms. The summed E-state index contributed by atoms with van der Waals surface area (Å²) in [5.41, 5.74) is 0. The van der Waals surface area contributed by atoms with Gasteiger partial charge in [-0.3, -0.25) is 4.99 Å². The topological polar surface area (TPSA) is 49.6 Å². The summed E-state index contributed by atoms with van der Waals surface area (Å²) < 4.78 is 41.5. The van der Waals surface area contributed by atoms with Gasteiger partial charge in [0.1, 0.15) is 5.76 Å². The van der Waals surface area contributed by atoms with Gasteiger partial charge in [0, 0.05) is 32.5 Å². The van der Waals surface area contributed by atoms with Gasteiger partial charge in [0.25, 0.3) is 0 Å². The van der Waals surface area contributed by atoms with Gasteiger partial charge in [0.2, 0.25) is 0 Å². The van der Waals surface area contributed by atoms with Crippen LogP contribution in [-0.2, 0) is 6.42 Å². The molecule has 0 saturated heterocycles. The fourth-order valence-electron chi connectivity index (χ4n) is 1.94. The van der Waals surface area contributed by atoms with Crippen molar-refractivity contribution in [3.8, 4) is 0 Å². The molecule has 0 fully saturated rings. The zero-order valence-corrected chi connectivity index (χ0v) is 13.6. The highest BCUT2D eigenvalue weighted by Crippen LogP contribution is 2.21. The van der Waals surface area contributed by atoms with E-state index in [2.05, 4.69) is 22.5 Å². The van der Waals surface area contributed by atoms with E-state index in [1.54, 1.807) is 6.26 Å². The van der Waals surface area contributed by atoms with Crippen LogP contribution < -0.4 is 10.6 Å². The normalized spacial score (nSPS) is 12.4. The lowest BCUT2D eigenvalue weighted by molar-refractivity contribution is -0.135. The van der Waals surface area contributed by atoms with Gasteiger partial charge in [-0.1, -0.05) is 13.3 Å². The highest BCUT2D eigenvalue weighted by atomic mass is 19.4. The molecule has 23 heavy (non-hydrogen) atoms. The second-order valence-corrected chi connectivity index (χ2v) is 5.34. The number of furan rings is 1. The molecule has 0 aliphatic heterocycles. The molecule has 0 atom stereocenters. The minimum Gasteiger partial charge on any atom is -0.469 e. The molecule has 1 rings (SSSR count). The predicted octanol–water partition coefficient (Wildman–Crippen LogP) is 3.89. The number of aliphatic imine (C=N–C) groups is 1. The summed E-state index contributed by atoms with van der Waals surface area (Å²) in [6, 6.07) is 3.74. The van der Waals surface area contributed by atoms with Gasteiger partial charge in [-0.05, 0) is 31.4 Å². The van der Waals surface area contributed by atoms with Crippen LogP contribution in [0.3, 0.4) is 0 Å². The number of unbranched alkanes of at least 4 members (excludes halogenated alkanes) is 2. The third-order valence-electron chi connectivity index (χ3n) is 3.21. The van der Waals surface area contributed by atoms with E-state index in [4.69, 9.17) is 4.42 Å². The zero-order valence-electron chi connectivity index (χ0n) is 13.6. The molecule has 4 nitrogen and oxygen atoms in total. The Morgan fingerprint density at radius 2 is 1.96 bits per heavy atom. The van der Waals surface area contributed by atoms with Crippen molar-refractivity contribution in [1.29, 1.82) is 0 Å². The van der Waals surface area contributed by atoms with E-state index in [0.717, 1.165) is 31.6 Å². The van der Waals surface area contributed by atoms with Crippen molar-refractivity contribution in [2.24, 2.45) is 4.99 Å². The van der Waals surface area contributed by atoms with Gasteiger partial charge >= 0.3 is 6.18 Å². The van der Waals surface area contributed by atoms with Crippen LogP contribution >= 0.6 is 0 Å². The second-order valence-electron chi connectivity index (χ2n) is 5.34. The Balaban J connectivity index is 2.29. The largest absolute Gasteiger partial charge is 0.469 e. The lowest BCUT2D eigenvalue weighted by Crippen LogP contribution is -2.39. The van der Waals surface area contributed by atoms with Crippen molar-refractivity contribution in [2.45, 2.75) is 51.6 Å². The summed E-state index contributed by atoms with van der Waals surface area (Å²) in [6.45, 7) is 3.94. The van der Waals surface area contributed by atoms with Crippen molar-refractivity contribution in [1.82, 2.24) is 10.6 Å². The molecule has 2 N–H and O–H groups in total. The number of guanidine groups is 1. The average Bonchev–Trinajstić information content (AvgIpc) is 2.98. The Morgan fingerprint density at radius 1 is 1.17 bits per heavy atom. The van der Waals surface area contributed by atoms with Crippen molar-refractivity contribution in [3.05, 3.63) is 24.2 Å². The summed E-state index contributed by atoms with van der Waals surface area (Å²) in [6.07, 6.45) is 0.172. The summed E-state index contributed by atoms with van der Waals surface area (Å²) in [4.78, 5) is 4.33. The molecule has 0 bridgehead atoms. The number of hydrogen-bond acceptors (Lipinski definition) is 2. The van der Waals surface area contributed by atoms with Crippen molar-refractivity contribution >= 4 is 5.96 Å². The molecule has 0 unspecified atom stereocenters. The van der Waals surface area contributed by atoms with E-state index in [1.165, 1.54) is 0 Å². The van der Waals surface area contributed by atoms with Crippen LogP contribution in [0.15, 0.2) is 27.8 Å². The van der Waals surface area contributed by atoms with Gasteiger partial charge in [-0.2, -0.15) is 13.2 Å². The lowest BCUT2D eigenvalue weighted by Gasteiger charge is -2.12. The van der Waals surface area contributed by atoms with E-state index in [1.807, 2.05) is 12.1 Å². The van der Waals surface area contributed by atoms with Gasteiger partial charge in [0.15, 0.2) is 5.96 Å². The van der Waals surface area contributed by atoms with Crippen LogP contribution in [0.1, 0.15) is 44.8 Å². The van der Waals surface area contributed by atoms with Crippen LogP contribution in [0.5, 0.6) is 0 Å². The fraction of sp³-hybridized carbons (Fsp3) is 0.688. The summed E-state index contributed by atoms with van der Waals surface area (Å²) in [7, 11) is 0. The Labute approximate surface area is 135 Å². The average molecular weight is 333 g/mol. The molecule has 0 saturated carbocycles. The first-order valence-electron chi connectivity index (χ1n) is 8.12. The maximum Gasteiger partial charge on any atom is 0.389 e. The Bertz CT molecular complexity index is 430. The summed E-state index contributed by atoms with van der Waals surface area (Å²) in [5.74, 6) is 1.53. The molecule has 7 heteroatoms. The molecular formula is C16H26F3N3O. The van der Waals surface area contributed by atoms with Gasteiger partial charge in [0.05, 0.1) is 6.26 Å². The minimum atomic E-state index is -4.08. The van der Waals surface area contributed by atoms with Crippen molar-refractivity contribution in [2.75, 3.05) is 19.6 Å². The molecule has 0 amide bonds. The predicted molar refractivity (Wildman–Crippen MR) is 85.5 cm³/mol. The maximum atomic E-state index is 12.1. The van der Waals surface area contributed by atoms with Crippen LogP contribution in [0.4, 0.5) is 13.2 Å². The van der Waals surface area contributed by atoms with Gasteiger partial charge < -0.3 is 15.1 Å². The molecule has 132 valence electrons. The van der Waals surface area contributed by atoms with Crippen molar-refractivity contribution < 1.29 is 17.6 Å². The molecule has 0 radical (unpaired) electrons. The third kappa shape index (κ3) is 10.7. The first kappa shape index (κ1) is 19.4. The molecule has 1 aromatic heterocycles. The molecule has 0 aliphatic carbocycles. The second kappa shape index (κ2) is 11.0. The van der Waals surface area contributed by atoms with E-state index >= 15 is 0 Å². The first-order chi connectivity index (χ1) is 11.0. The minimum absolute atomic E-state index is 0.113. The SMILES string of the molecule is CCCCNC(=NCCCCC(F)(F)F)NCCc1ccco1. The number of alkyl halides is 3. The van der Waals surface area contributed by atoms with Gasteiger partial charge in [-0.25, -0.2) is 0 Å². The Morgan fingerprint density at radius 3 is 2.61 bits per heavy atom. The molecule has 0 aliphatic rings. The maximum absolute atomic E-state index is 12.1. The van der Waals surface area contributed by atoms with E-state index in [-0.39, 0.29) is 6.42 Å². The van der Waals surface area contributed by atoms with E-state index in [9.17, 15) is 13.2 Å². The molecule has 0 aromatic carbocycles. The smallest absolute Gasteiger partial charge is 0.389 e. The van der Waals surface area contributed by atoms with E-state index < -0.39 is 12.6 Å². The number of rotatable bonds is 10. The number of nitrogens with zero attached hydrogens (tertiary/aromatic N) is 1. The quantitative estimate of drug-likeness (QED) is 0.388. The van der Waals surface area contributed by atoms with Gasteiger partial charge in [-0.15, -0.1) is 0 Å². The number of hydrogen-bond donors (Lipinski definition) is 2. The van der Waals surface area contributed by atoms with Crippen molar-refractivity contribution in [3.63, 3.8) is 0 Å². The molecule has 1 heterocycles. The van der Waals surface area contributed by atoms with Crippen LogP contribution in [0.2, 0.25) is 0 Å². The molecular weight excluding hydrogens is 307 g/mol. The Hall–Kier alpha value is -1.66. The van der Waals surface area contributed by atoms with Crippen LogP contribution in [-0.4, -0.2) is 31.8 Å². The van der Waals surface area contributed by atoms with Crippen LogP contribution in [0, 0.1) is 0 Å². The first-order valence-corrected chi connectivity index (χ1v) is 8.12.